The number of phenols is 1. The second-order valence-corrected chi connectivity index (χ2v) is 4.82. The molecule has 3 N–H and O–H groups in total. The Bertz CT molecular complexity index is 629. The third kappa shape index (κ3) is 4.77. The molecular weight excluding hydrogens is 281 g/mol. The Kier molecular flexibility index (Phi) is 5.77. The number of hydrogen-bond acceptors (Lipinski definition) is 2. The van der Waals surface area contributed by atoms with Crippen LogP contribution in [0.2, 0.25) is 0 Å². The first kappa shape index (κ1) is 15.8. The summed E-state index contributed by atoms with van der Waals surface area (Å²) in [6.45, 7) is 3.72. The minimum Gasteiger partial charge on any atom is -0.505 e. The standard InChI is InChI=1S/C17H20FN3O/c1-2-19-17(20-11-13-6-4-3-5-7-13)21-12-14-8-9-16(22)15(18)10-14/h3-10,22H,2,11-12H2,1H3,(H2,19,20,21). The lowest BCUT2D eigenvalue weighted by molar-refractivity contribution is 0.432. The minimum atomic E-state index is -0.630. The fourth-order valence-corrected chi connectivity index (χ4v) is 1.94. The van der Waals surface area contributed by atoms with E-state index in [1.165, 1.54) is 12.1 Å². The number of halogens is 1. The van der Waals surface area contributed by atoms with E-state index in [0.29, 0.717) is 24.6 Å². The van der Waals surface area contributed by atoms with Crippen LogP contribution in [0.3, 0.4) is 0 Å². The van der Waals surface area contributed by atoms with E-state index in [-0.39, 0.29) is 5.75 Å². The van der Waals surface area contributed by atoms with Gasteiger partial charge in [-0.2, -0.15) is 0 Å². The molecule has 2 aromatic rings. The van der Waals surface area contributed by atoms with Gasteiger partial charge in [0.25, 0.3) is 0 Å². The van der Waals surface area contributed by atoms with Crippen LogP contribution in [0.5, 0.6) is 5.75 Å². The zero-order valence-electron chi connectivity index (χ0n) is 12.5. The van der Waals surface area contributed by atoms with Crippen LogP contribution in [-0.4, -0.2) is 17.6 Å². The Morgan fingerprint density at radius 1 is 1.09 bits per heavy atom. The number of hydrogen-bond donors (Lipinski definition) is 3. The van der Waals surface area contributed by atoms with E-state index >= 15 is 0 Å². The molecule has 2 rings (SSSR count). The van der Waals surface area contributed by atoms with Crippen molar-refractivity contribution in [2.45, 2.75) is 20.0 Å². The maximum absolute atomic E-state index is 13.3. The molecule has 5 heteroatoms. The third-order valence-electron chi connectivity index (χ3n) is 3.08. The van der Waals surface area contributed by atoms with E-state index in [9.17, 15) is 9.50 Å². The van der Waals surface area contributed by atoms with Gasteiger partial charge in [0.2, 0.25) is 0 Å². The predicted molar refractivity (Wildman–Crippen MR) is 86.2 cm³/mol. The lowest BCUT2D eigenvalue weighted by Gasteiger charge is -2.11. The van der Waals surface area contributed by atoms with Gasteiger partial charge in [0.15, 0.2) is 17.5 Å². The van der Waals surface area contributed by atoms with Crippen LogP contribution >= 0.6 is 0 Å². The third-order valence-corrected chi connectivity index (χ3v) is 3.08. The molecule has 0 amide bonds. The Morgan fingerprint density at radius 3 is 2.55 bits per heavy atom. The van der Waals surface area contributed by atoms with Crippen LogP contribution < -0.4 is 10.6 Å². The monoisotopic (exact) mass is 301 g/mol. The summed E-state index contributed by atoms with van der Waals surface area (Å²) in [6.07, 6.45) is 0. The van der Waals surface area contributed by atoms with Gasteiger partial charge in [-0.1, -0.05) is 36.4 Å². The van der Waals surface area contributed by atoms with Crippen LogP contribution in [-0.2, 0) is 13.1 Å². The number of aromatic hydroxyl groups is 1. The van der Waals surface area contributed by atoms with Gasteiger partial charge >= 0.3 is 0 Å². The predicted octanol–water partition coefficient (Wildman–Crippen LogP) is 2.79. The quantitative estimate of drug-likeness (QED) is 0.588. The number of benzene rings is 2. The first-order valence-electron chi connectivity index (χ1n) is 7.22. The van der Waals surface area contributed by atoms with Crippen LogP contribution in [0.4, 0.5) is 4.39 Å². The van der Waals surface area contributed by atoms with Crippen LogP contribution in [0, 0.1) is 5.82 Å². The maximum Gasteiger partial charge on any atom is 0.191 e. The van der Waals surface area contributed by atoms with Gasteiger partial charge in [-0.25, -0.2) is 9.38 Å². The van der Waals surface area contributed by atoms with E-state index in [4.69, 9.17) is 0 Å². The van der Waals surface area contributed by atoms with Crippen LogP contribution in [0.25, 0.3) is 0 Å². The van der Waals surface area contributed by atoms with Gasteiger partial charge in [0.05, 0.1) is 6.54 Å². The first-order chi connectivity index (χ1) is 10.7. The smallest absolute Gasteiger partial charge is 0.191 e. The van der Waals surface area contributed by atoms with Crippen molar-refractivity contribution in [2.24, 2.45) is 4.99 Å². The van der Waals surface area contributed by atoms with E-state index < -0.39 is 5.82 Å². The molecule has 0 bridgehead atoms. The zero-order valence-corrected chi connectivity index (χ0v) is 12.5. The van der Waals surface area contributed by atoms with Crippen molar-refractivity contribution in [3.05, 3.63) is 65.5 Å². The summed E-state index contributed by atoms with van der Waals surface area (Å²) in [6, 6.07) is 14.3. The van der Waals surface area contributed by atoms with Crippen LogP contribution in [0.1, 0.15) is 18.1 Å². The van der Waals surface area contributed by atoms with Crippen molar-refractivity contribution in [3.8, 4) is 5.75 Å². The topological polar surface area (TPSA) is 56.7 Å². The van der Waals surface area contributed by atoms with Crippen molar-refractivity contribution in [3.63, 3.8) is 0 Å². The number of nitrogens with zero attached hydrogens (tertiary/aromatic N) is 1. The van der Waals surface area contributed by atoms with Crippen molar-refractivity contribution in [1.29, 1.82) is 0 Å². The molecule has 0 fully saturated rings. The molecule has 0 aliphatic rings. The summed E-state index contributed by atoms with van der Waals surface area (Å²) < 4.78 is 13.3. The molecule has 0 radical (unpaired) electrons. The maximum atomic E-state index is 13.3. The largest absolute Gasteiger partial charge is 0.505 e. The normalized spacial score (nSPS) is 11.3. The number of aliphatic imine (C=N–C) groups is 1. The van der Waals surface area contributed by atoms with Crippen molar-refractivity contribution < 1.29 is 9.50 Å². The molecule has 0 unspecified atom stereocenters. The van der Waals surface area contributed by atoms with Gasteiger partial charge in [-0.15, -0.1) is 0 Å². The average Bonchev–Trinajstić information content (AvgIpc) is 2.54. The molecule has 2 aromatic carbocycles. The number of rotatable bonds is 5. The molecule has 0 spiro atoms. The Morgan fingerprint density at radius 2 is 1.86 bits per heavy atom. The lowest BCUT2D eigenvalue weighted by Crippen LogP contribution is -2.36. The van der Waals surface area contributed by atoms with Crippen molar-refractivity contribution >= 4 is 5.96 Å². The lowest BCUT2D eigenvalue weighted by atomic mass is 10.2. The van der Waals surface area contributed by atoms with Gasteiger partial charge in [0, 0.05) is 13.1 Å². The molecule has 116 valence electrons. The Hall–Kier alpha value is -2.56. The molecule has 22 heavy (non-hydrogen) atoms. The highest BCUT2D eigenvalue weighted by atomic mass is 19.1. The van der Waals surface area contributed by atoms with E-state index in [1.54, 1.807) is 6.07 Å². The van der Waals surface area contributed by atoms with Crippen LogP contribution in [0.15, 0.2) is 53.5 Å². The summed E-state index contributed by atoms with van der Waals surface area (Å²) in [5.41, 5.74) is 1.86. The highest BCUT2D eigenvalue weighted by molar-refractivity contribution is 5.79. The molecule has 0 atom stereocenters. The average molecular weight is 301 g/mol. The molecule has 0 saturated heterocycles. The molecule has 4 nitrogen and oxygen atoms in total. The fraction of sp³-hybridized carbons (Fsp3) is 0.235. The molecule has 0 saturated carbocycles. The number of guanidine groups is 1. The SMILES string of the molecule is CCNC(=NCc1ccc(O)c(F)c1)NCc1ccccc1. The second-order valence-electron chi connectivity index (χ2n) is 4.82. The Balaban J connectivity index is 1.98. The van der Waals surface area contributed by atoms with Gasteiger partial charge in [-0.3, -0.25) is 0 Å². The first-order valence-corrected chi connectivity index (χ1v) is 7.22. The van der Waals surface area contributed by atoms with Gasteiger partial charge in [0.1, 0.15) is 0 Å². The van der Waals surface area contributed by atoms with Gasteiger partial charge in [-0.05, 0) is 30.2 Å². The van der Waals surface area contributed by atoms with Crippen molar-refractivity contribution in [1.82, 2.24) is 10.6 Å². The summed E-state index contributed by atoms with van der Waals surface area (Å²) in [5, 5.41) is 15.6. The highest BCUT2D eigenvalue weighted by Gasteiger charge is 2.02. The van der Waals surface area contributed by atoms with Crippen molar-refractivity contribution in [2.75, 3.05) is 6.54 Å². The molecule has 0 heterocycles. The molecular formula is C17H20FN3O. The summed E-state index contributed by atoms with van der Waals surface area (Å²) in [5.74, 6) is -0.309. The van der Waals surface area contributed by atoms with E-state index in [0.717, 1.165) is 12.1 Å². The molecule has 0 aromatic heterocycles. The zero-order chi connectivity index (χ0) is 15.8. The van der Waals surface area contributed by atoms with Gasteiger partial charge < -0.3 is 15.7 Å². The second kappa shape index (κ2) is 8.02. The Labute approximate surface area is 129 Å². The van der Waals surface area contributed by atoms with E-state index in [1.807, 2.05) is 37.3 Å². The number of phenolic OH excluding ortho intramolecular Hbond substituents is 1. The fourth-order valence-electron chi connectivity index (χ4n) is 1.94. The molecule has 0 aliphatic carbocycles. The molecule has 0 aliphatic heterocycles. The summed E-state index contributed by atoms with van der Waals surface area (Å²) in [7, 11) is 0. The highest BCUT2D eigenvalue weighted by Crippen LogP contribution is 2.16. The summed E-state index contributed by atoms with van der Waals surface area (Å²) >= 11 is 0. The summed E-state index contributed by atoms with van der Waals surface area (Å²) in [4.78, 5) is 4.42. The van der Waals surface area contributed by atoms with E-state index in [2.05, 4.69) is 15.6 Å². The number of nitrogens with one attached hydrogen (secondary N) is 2. The minimum absolute atomic E-state index is 0.335.